The summed E-state index contributed by atoms with van der Waals surface area (Å²) in [5.74, 6) is 2.23. The summed E-state index contributed by atoms with van der Waals surface area (Å²) in [7, 11) is -3.61. The molecular formula is C22H22Cl2N2O4S2. The third-order valence-electron chi connectivity index (χ3n) is 4.50. The fourth-order valence-electron chi connectivity index (χ4n) is 2.90. The first-order valence-corrected chi connectivity index (χ1v) is 13.4. The number of carbonyl (C=O) groups excluding carboxylic acids is 1. The zero-order valence-corrected chi connectivity index (χ0v) is 20.4. The largest absolute Gasteiger partial charge is 0.468 e. The molecule has 1 N–H and O–H groups in total. The first kappa shape index (κ1) is 24.5. The Bertz CT molecular complexity index is 1150. The highest BCUT2D eigenvalue weighted by Crippen LogP contribution is 2.34. The molecule has 0 aliphatic heterocycles. The number of furan rings is 1. The van der Waals surface area contributed by atoms with Gasteiger partial charge in [0.25, 0.3) is 5.91 Å². The van der Waals surface area contributed by atoms with Gasteiger partial charge in [-0.3, -0.25) is 9.10 Å². The summed E-state index contributed by atoms with van der Waals surface area (Å²) in [6.07, 6.45) is 2.75. The standard InChI is InChI=1S/C22H22Cl2N2O4S2/c1-32(28,29)26(20-6-2-5-19(23)21(20)24)14-16-7-9-17(10-8-16)22(27)25-11-13-31-15-18-4-3-12-30-18/h2-10,12H,11,13-15H2,1H3,(H,25,27). The van der Waals surface area contributed by atoms with Crippen LogP contribution in [0.1, 0.15) is 21.7 Å². The van der Waals surface area contributed by atoms with Crippen molar-refractivity contribution in [1.29, 1.82) is 0 Å². The van der Waals surface area contributed by atoms with Crippen LogP contribution in [0.5, 0.6) is 0 Å². The molecule has 0 bridgehead atoms. The number of carbonyl (C=O) groups is 1. The number of thioether (sulfide) groups is 1. The Morgan fingerprint density at radius 3 is 2.50 bits per heavy atom. The number of amides is 1. The maximum atomic E-state index is 12.4. The molecule has 0 aliphatic rings. The highest BCUT2D eigenvalue weighted by Gasteiger charge is 2.21. The van der Waals surface area contributed by atoms with E-state index < -0.39 is 10.0 Å². The van der Waals surface area contributed by atoms with Crippen LogP contribution in [0.25, 0.3) is 0 Å². The Morgan fingerprint density at radius 2 is 1.84 bits per heavy atom. The molecule has 1 aromatic heterocycles. The lowest BCUT2D eigenvalue weighted by atomic mass is 10.1. The van der Waals surface area contributed by atoms with Gasteiger partial charge in [-0.05, 0) is 42.0 Å². The van der Waals surface area contributed by atoms with Crippen molar-refractivity contribution in [2.24, 2.45) is 0 Å². The molecule has 0 saturated heterocycles. The van der Waals surface area contributed by atoms with Gasteiger partial charge >= 0.3 is 0 Å². The predicted molar refractivity (Wildman–Crippen MR) is 131 cm³/mol. The molecule has 1 amide bonds. The van der Waals surface area contributed by atoms with E-state index in [0.717, 1.165) is 23.5 Å². The fraction of sp³-hybridized carbons (Fsp3) is 0.227. The maximum absolute atomic E-state index is 12.4. The topological polar surface area (TPSA) is 79.6 Å². The molecule has 0 saturated carbocycles. The number of hydrogen-bond acceptors (Lipinski definition) is 5. The van der Waals surface area contributed by atoms with Gasteiger partial charge in [-0.1, -0.05) is 41.4 Å². The molecule has 170 valence electrons. The molecule has 3 aromatic rings. The number of sulfonamides is 1. The lowest BCUT2D eigenvalue weighted by Gasteiger charge is -2.24. The summed E-state index contributed by atoms with van der Waals surface area (Å²) in [6, 6.07) is 15.4. The lowest BCUT2D eigenvalue weighted by molar-refractivity contribution is 0.0956. The van der Waals surface area contributed by atoms with Gasteiger partial charge in [-0.25, -0.2) is 8.42 Å². The molecule has 2 aromatic carbocycles. The van der Waals surface area contributed by atoms with E-state index in [2.05, 4.69) is 5.32 Å². The maximum Gasteiger partial charge on any atom is 0.251 e. The van der Waals surface area contributed by atoms with Gasteiger partial charge in [-0.2, -0.15) is 11.8 Å². The van der Waals surface area contributed by atoms with Gasteiger partial charge in [-0.15, -0.1) is 0 Å². The molecule has 0 radical (unpaired) electrons. The SMILES string of the molecule is CS(=O)(=O)N(Cc1ccc(C(=O)NCCSCc2ccco2)cc1)c1cccc(Cl)c1Cl. The minimum Gasteiger partial charge on any atom is -0.468 e. The molecule has 0 fully saturated rings. The van der Waals surface area contributed by atoms with Crippen molar-refractivity contribution in [3.8, 4) is 0 Å². The lowest BCUT2D eigenvalue weighted by Crippen LogP contribution is -2.29. The van der Waals surface area contributed by atoms with Crippen LogP contribution in [-0.2, 0) is 22.3 Å². The molecule has 32 heavy (non-hydrogen) atoms. The zero-order valence-electron chi connectivity index (χ0n) is 17.3. The molecular weight excluding hydrogens is 491 g/mol. The summed E-state index contributed by atoms with van der Waals surface area (Å²) in [4.78, 5) is 12.4. The number of hydrogen-bond donors (Lipinski definition) is 1. The van der Waals surface area contributed by atoms with Crippen LogP contribution in [0.2, 0.25) is 10.0 Å². The minimum atomic E-state index is -3.61. The summed E-state index contributed by atoms with van der Waals surface area (Å²) < 4.78 is 31.2. The monoisotopic (exact) mass is 512 g/mol. The molecule has 1 heterocycles. The van der Waals surface area contributed by atoms with Crippen molar-refractivity contribution in [1.82, 2.24) is 5.32 Å². The molecule has 0 unspecified atom stereocenters. The first-order valence-electron chi connectivity index (χ1n) is 9.64. The van der Waals surface area contributed by atoms with Crippen LogP contribution in [0, 0.1) is 0 Å². The highest BCUT2D eigenvalue weighted by atomic mass is 35.5. The molecule has 6 nitrogen and oxygen atoms in total. The van der Waals surface area contributed by atoms with E-state index in [1.54, 1.807) is 60.5 Å². The van der Waals surface area contributed by atoms with Crippen LogP contribution in [-0.4, -0.2) is 32.9 Å². The van der Waals surface area contributed by atoms with Gasteiger partial charge in [0.15, 0.2) is 0 Å². The smallest absolute Gasteiger partial charge is 0.251 e. The van der Waals surface area contributed by atoms with E-state index in [0.29, 0.717) is 23.4 Å². The highest BCUT2D eigenvalue weighted by molar-refractivity contribution is 7.98. The van der Waals surface area contributed by atoms with E-state index in [-0.39, 0.29) is 22.5 Å². The van der Waals surface area contributed by atoms with E-state index in [1.807, 2.05) is 12.1 Å². The zero-order chi connectivity index (χ0) is 23.1. The van der Waals surface area contributed by atoms with Crippen molar-refractivity contribution >= 4 is 56.6 Å². The van der Waals surface area contributed by atoms with Crippen LogP contribution in [0.3, 0.4) is 0 Å². The normalized spacial score (nSPS) is 11.3. The number of rotatable bonds is 10. The van der Waals surface area contributed by atoms with Gasteiger partial charge < -0.3 is 9.73 Å². The number of anilines is 1. The summed E-state index contributed by atoms with van der Waals surface area (Å²) >= 11 is 13.9. The second-order valence-electron chi connectivity index (χ2n) is 6.93. The van der Waals surface area contributed by atoms with Crippen molar-refractivity contribution in [2.45, 2.75) is 12.3 Å². The van der Waals surface area contributed by atoms with Crippen LogP contribution in [0.15, 0.2) is 65.3 Å². The Morgan fingerprint density at radius 1 is 1.09 bits per heavy atom. The fourth-order valence-corrected chi connectivity index (χ4v) is 5.00. The second kappa shape index (κ2) is 11.1. The van der Waals surface area contributed by atoms with E-state index in [4.69, 9.17) is 27.6 Å². The van der Waals surface area contributed by atoms with Crippen LogP contribution >= 0.6 is 35.0 Å². The Labute approximate surface area is 201 Å². The quantitative estimate of drug-likeness (QED) is 0.377. The number of nitrogens with zero attached hydrogens (tertiary/aromatic N) is 1. The van der Waals surface area contributed by atoms with E-state index in [1.165, 1.54) is 4.31 Å². The number of nitrogens with one attached hydrogen (secondary N) is 1. The van der Waals surface area contributed by atoms with Gasteiger partial charge in [0.05, 0.1) is 40.5 Å². The molecule has 0 atom stereocenters. The Balaban J connectivity index is 1.58. The average molecular weight is 513 g/mol. The van der Waals surface area contributed by atoms with Crippen molar-refractivity contribution in [2.75, 3.05) is 22.9 Å². The number of benzene rings is 2. The summed E-state index contributed by atoms with van der Waals surface area (Å²) in [5.41, 5.74) is 1.50. The third kappa shape index (κ3) is 6.68. The van der Waals surface area contributed by atoms with Crippen LogP contribution < -0.4 is 9.62 Å². The van der Waals surface area contributed by atoms with Crippen molar-refractivity contribution in [3.05, 3.63) is 87.8 Å². The van der Waals surface area contributed by atoms with Gasteiger partial charge in [0.1, 0.15) is 5.76 Å². The van der Waals surface area contributed by atoms with E-state index >= 15 is 0 Å². The molecule has 0 aliphatic carbocycles. The van der Waals surface area contributed by atoms with Gasteiger partial charge in [0, 0.05) is 17.9 Å². The van der Waals surface area contributed by atoms with Crippen LogP contribution in [0.4, 0.5) is 5.69 Å². The number of halogens is 2. The minimum absolute atomic E-state index is 0.0597. The van der Waals surface area contributed by atoms with Crippen molar-refractivity contribution < 1.29 is 17.6 Å². The second-order valence-corrected chi connectivity index (χ2v) is 10.7. The molecule has 0 spiro atoms. The third-order valence-corrected chi connectivity index (χ3v) is 7.42. The summed E-state index contributed by atoms with van der Waals surface area (Å²) in [6.45, 7) is 0.589. The Hall–Kier alpha value is -2.13. The van der Waals surface area contributed by atoms with E-state index in [9.17, 15) is 13.2 Å². The van der Waals surface area contributed by atoms with Gasteiger partial charge in [0.2, 0.25) is 10.0 Å². The van der Waals surface area contributed by atoms with Crippen molar-refractivity contribution in [3.63, 3.8) is 0 Å². The predicted octanol–water partition coefficient (Wildman–Crippen LogP) is 5.22. The first-order chi connectivity index (χ1) is 15.3. The Kier molecular flexibility index (Phi) is 8.53. The average Bonchev–Trinajstić information content (AvgIpc) is 3.27. The molecule has 10 heteroatoms. The summed E-state index contributed by atoms with van der Waals surface area (Å²) in [5, 5.41) is 3.31. The molecule has 3 rings (SSSR count).